The number of aromatic nitrogens is 4. The molecule has 1 saturated heterocycles. The molecule has 2 aromatic heterocycles. The molecule has 9 heteroatoms. The molecule has 1 fully saturated rings. The third kappa shape index (κ3) is 4.55. The largest absolute Gasteiger partial charge is 0.379 e. The predicted molar refractivity (Wildman–Crippen MR) is 141 cm³/mol. The summed E-state index contributed by atoms with van der Waals surface area (Å²) in [6.45, 7) is 9.33. The quantitative estimate of drug-likeness (QED) is 0.528. The van der Waals surface area contributed by atoms with Crippen molar-refractivity contribution in [2.45, 2.75) is 64.8 Å². The van der Waals surface area contributed by atoms with Crippen LogP contribution in [0.3, 0.4) is 0 Å². The summed E-state index contributed by atoms with van der Waals surface area (Å²) < 4.78 is 16.1. The number of benzene rings is 1. The van der Waals surface area contributed by atoms with Crippen LogP contribution >= 0.6 is 0 Å². The first-order valence-corrected chi connectivity index (χ1v) is 13.4. The predicted octanol–water partition coefficient (Wildman–Crippen LogP) is 3.64. The molecule has 6 rings (SSSR count). The van der Waals surface area contributed by atoms with Crippen molar-refractivity contribution in [1.29, 1.82) is 0 Å². The van der Waals surface area contributed by atoms with Crippen molar-refractivity contribution in [2.75, 3.05) is 31.2 Å². The van der Waals surface area contributed by atoms with E-state index in [4.69, 9.17) is 14.6 Å². The fourth-order valence-corrected chi connectivity index (χ4v) is 5.98. The Labute approximate surface area is 217 Å². The number of hydrogen-bond acceptors (Lipinski definition) is 6. The fraction of sp³-hybridized carbons (Fsp3) is 0.536. The van der Waals surface area contributed by atoms with Crippen LogP contribution < -0.4 is 4.90 Å². The van der Waals surface area contributed by atoms with Gasteiger partial charge in [0.15, 0.2) is 5.82 Å². The molecule has 0 radical (unpaired) electrons. The highest BCUT2D eigenvalue weighted by Crippen LogP contribution is 2.41. The first kappa shape index (κ1) is 24.2. The molecule has 0 aliphatic carbocycles. The second-order valence-electron chi connectivity index (χ2n) is 10.8. The lowest BCUT2D eigenvalue weighted by Crippen LogP contribution is -2.40. The summed E-state index contributed by atoms with van der Waals surface area (Å²) in [6.07, 6.45) is 6.74. The summed E-state index contributed by atoms with van der Waals surface area (Å²) in [4.78, 5) is 16.6. The van der Waals surface area contributed by atoms with Crippen LogP contribution in [0.1, 0.15) is 50.1 Å². The smallest absolute Gasteiger partial charge is 0.219 e. The van der Waals surface area contributed by atoms with Gasteiger partial charge in [0, 0.05) is 68.7 Å². The molecule has 2 atom stereocenters. The lowest BCUT2D eigenvalue weighted by Gasteiger charge is -2.37. The Morgan fingerprint density at radius 3 is 2.81 bits per heavy atom. The van der Waals surface area contributed by atoms with Gasteiger partial charge in [-0.3, -0.25) is 14.2 Å². The Morgan fingerprint density at radius 1 is 1.24 bits per heavy atom. The standard InChI is InChI=1S/C28H36N6O3/c1-18(2)37-24-12-21-11-20(22-13-29-31(4)14-22)5-6-26(21)33(15-24)28-25-16-32(19(3)35)9-7-27(25)34(30-28)23-8-10-36-17-23/h5-6,11,13-14,18,23-24H,7-10,12,15-17H2,1-4H3. The van der Waals surface area contributed by atoms with E-state index in [0.717, 1.165) is 67.2 Å². The number of aryl methyl sites for hydroxylation is 1. The summed E-state index contributed by atoms with van der Waals surface area (Å²) in [5.74, 6) is 1.05. The average Bonchev–Trinajstić information content (AvgIpc) is 3.62. The van der Waals surface area contributed by atoms with Crippen molar-refractivity contribution in [2.24, 2.45) is 7.05 Å². The SMILES string of the molecule is CC(=O)N1CCc2c(c(N3CC(OC(C)C)Cc4cc(-c5cnn(C)c5)ccc43)nn2C2CCOC2)C1. The zero-order valence-electron chi connectivity index (χ0n) is 22.2. The molecule has 2 unspecified atom stereocenters. The van der Waals surface area contributed by atoms with Gasteiger partial charge in [-0.25, -0.2) is 0 Å². The Kier molecular flexibility index (Phi) is 6.28. The minimum atomic E-state index is 0.0414. The fourth-order valence-electron chi connectivity index (χ4n) is 5.98. The number of carbonyl (C=O) groups is 1. The van der Waals surface area contributed by atoms with Gasteiger partial charge in [0.2, 0.25) is 5.91 Å². The summed E-state index contributed by atoms with van der Waals surface area (Å²) in [5.41, 5.74) is 7.04. The van der Waals surface area contributed by atoms with Crippen LogP contribution in [0, 0.1) is 0 Å². The van der Waals surface area contributed by atoms with Crippen LogP contribution in [0.25, 0.3) is 11.1 Å². The highest BCUT2D eigenvalue weighted by Gasteiger charge is 2.35. The van der Waals surface area contributed by atoms with E-state index in [0.29, 0.717) is 13.2 Å². The van der Waals surface area contributed by atoms with Gasteiger partial charge in [-0.15, -0.1) is 0 Å². The number of anilines is 2. The summed E-state index contributed by atoms with van der Waals surface area (Å²) >= 11 is 0. The second kappa shape index (κ2) is 9.61. The molecule has 5 heterocycles. The van der Waals surface area contributed by atoms with Gasteiger partial charge in [-0.05, 0) is 43.5 Å². The maximum Gasteiger partial charge on any atom is 0.219 e. The number of rotatable bonds is 5. The van der Waals surface area contributed by atoms with Gasteiger partial charge in [0.1, 0.15) is 0 Å². The molecule has 0 bridgehead atoms. The van der Waals surface area contributed by atoms with E-state index in [1.54, 1.807) is 6.92 Å². The van der Waals surface area contributed by atoms with E-state index in [1.807, 2.05) is 29.0 Å². The van der Waals surface area contributed by atoms with Crippen molar-refractivity contribution in [3.8, 4) is 11.1 Å². The zero-order valence-corrected chi connectivity index (χ0v) is 22.2. The molecule has 1 aromatic carbocycles. The van der Waals surface area contributed by atoms with Gasteiger partial charge in [0.05, 0.1) is 44.1 Å². The van der Waals surface area contributed by atoms with E-state index in [-0.39, 0.29) is 24.2 Å². The van der Waals surface area contributed by atoms with Gasteiger partial charge in [-0.2, -0.15) is 10.2 Å². The summed E-state index contributed by atoms with van der Waals surface area (Å²) in [5, 5.41) is 9.60. The minimum absolute atomic E-state index is 0.0414. The van der Waals surface area contributed by atoms with E-state index in [1.165, 1.54) is 11.3 Å². The average molecular weight is 505 g/mol. The number of amides is 1. The van der Waals surface area contributed by atoms with Crippen LogP contribution in [-0.2, 0) is 40.7 Å². The van der Waals surface area contributed by atoms with Gasteiger partial charge < -0.3 is 19.3 Å². The number of ether oxygens (including phenoxy) is 2. The first-order chi connectivity index (χ1) is 17.9. The number of fused-ring (bicyclic) bond motifs is 2. The van der Waals surface area contributed by atoms with Crippen molar-refractivity contribution >= 4 is 17.4 Å². The Morgan fingerprint density at radius 2 is 2.11 bits per heavy atom. The molecule has 0 saturated carbocycles. The van der Waals surface area contributed by atoms with Crippen LogP contribution in [0.15, 0.2) is 30.6 Å². The molecule has 9 nitrogen and oxygen atoms in total. The molecular formula is C28H36N6O3. The van der Waals surface area contributed by atoms with Crippen molar-refractivity contribution < 1.29 is 14.3 Å². The first-order valence-electron chi connectivity index (χ1n) is 13.4. The molecule has 3 aliphatic heterocycles. The summed E-state index contributed by atoms with van der Waals surface area (Å²) in [7, 11) is 1.94. The second-order valence-corrected chi connectivity index (χ2v) is 10.8. The van der Waals surface area contributed by atoms with E-state index in [9.17, 15) is 4.79 Å². The maximum absolute atomic E-state index is 12.3. The molecule has 0 spiro atoms. The highest BCUT2D eigenvalue weighted by molar-refractivity contribution is 5.76. The number of carbonyl (C=O) groups excluding carboxylic acids is 1. The van der Waals surface area contributed by atoms with Crippen LogP contribution in [0.4, 0.5) is 11.5 Å². The van der Waals surface area contributed by atoms with Crippen molar-refractivity contribution in [3.63, 3.8) is 0 Å². The lowest BCUT2D eigenvalue weighted by molar-refractivity contribution is -0.129. The topological polar surface area (TPSA) is 77.7 Å². The number of nitrogens with zero attached hydrogens (tertiary/aromatic N) is 6. The lowest BCUT2D eigenvalue weighted by atomic mass is 9.95. The van der Waals surface area contributed by atoms with Gasteiger partial charge in [0.25, 0.3) is 0 Å². The molecule has 3 aliphatic rings. The van der Waals surface area contributed by atoms with Gasteiger partial charge in [-0.1, -0.05) is 6.07 Å². The maximum atomic E-state index is 12.3. The molecule has 1 amide bonds. The Hall–Kier alpha value is -3.17. The third-order valence-electron chi connectivity index (χ3n) is 7.72. The zero-order chi connectivity index (χ0) is 25.7. The van der Waals surface area contributed by atoms with Gasteiger partial charge >= 0.3 is 0 Å². The van der Waals surface area contributed by atoms with Crippen LogP contribution in [-0.4, -0.2) is 68.9 Å². The summed E-state index contributed by atoms with van der Waals surface area (Å²) in [6, 6.07) is 6.89. The van der Waals surface area contributed by atoms with E-state index >= 15 is 0 Å². The normalized spacial score (nSPS) is 21.4. The minimum Gasteiger partial charge on any atom is -0.379 e. The number of hydrogen-bond donors (Lipinski definition) is 0. The molecular weight excluding hydrogens is 468 g/mol. The van der Waals surface area contributed by atoms with Crippen molar-refractivity contribution in [3.05, 3.63) is 47.4 Å². The van der Waals surface area contributed by atoms with E-state index < -0.39 is 0 Å². The third-order valence-corrected chi connectivity index (χ3v) is 7.72. The monoisotopic (exact) mass is 504 g/mol. The van der Waals surface area contributed by atoms with E-state index in [2.05, 4.69) is 46.7 Å². The molecule has 0 N–H and O–H groups in total. The Balaban J connectivity index is 1.45. The molecule has 3 aromatic rings. The van der Waals surface area contributed by atoms with Crippen LogP contribution in [0.2, 0.25) is 0 Å². The Bertz CT molecular complexity index is 1310. The molecule has 196 valence electrons. The van der Waals surface area contributed by atoms with Crippen LogP contribution in [0.5, 0.6) is 0 Å². The highest BCUT2D eigenvalue weighted by atomic mass is 16.5. The molecule has 37 heavy (non-hydrogen) atoms. The van der Waals surface area contributed by atoms with Crippen molar-refractivity contribution in [1.82, 2.24) is 24.5 Å².